The van der Waals surface area contributed by atoms with Crippen LogP contribution in [-0.2, 0) is 20.7 Å². The summed E-state index contributed by atoms with van der Waals surface area (Å²) in [5, 5.41) is 3.23. The number of nitrogens with zero attached hydrogens (tertiary/aromatic N) is 3. The Bertz CT molecular complexity index is 693. The molecule has 0 radical (unpaired) electrons. The monoisotopic (exact) mass is 458 g/mol. The molecule has 168 valence electrons. The lowest BCUT2D eigenvalue weighted by atomic mass is 9.72. The van der Waals surface area contributed by atoms with E-state index in [4.69, 9.17) is 4.74 Å². The predicted molar refractivity (Wildman–Crippen MR) is 119 cm³/mol. The Labute approximate surface area is 190 Å². The molecule has 9 heteroatoms. The summed E-state index contributed by atoms with van der Waals surface area (Å²) < 4.78 is 5.62. The molecule has 1 atom stereocenters. The highest BCUT2D eigenvalue weighted by Crippen LogP contribution is 2.40. The van der Waals surface area contributed by atoms with Gasteiger partial charge >= 0.3 is 0 Å². The number of hydrogen-bond donors (Lipinski definition) is 1. The minimum atomic E-state index is -0.342. The fraction of sp³-hybridized carbons (Fsp3) is 0.667. The van der Waals surface area contributed by atoms with Gasteiger partial charge in [0.25, 0.3) is 5.91 Å². The molecule has 7 nitrogen and oxygen atoms in total. The maximum atomic E-state index is 12.7. The Morgan fingerprint density at radius 3 is 2.70 bits per heavy atom. The van der Waals surface area contributed by atoms with Gasteiger partial charge in [0.2, 0.25) is 5.91 Å². The number of morpholine rings is 1. The van der Waals surface area contributed by atoms with Crippen molar-refractivity contribution < 1.29 is 14.3 Å². The van der Waals surface area contributed by atoms with E-state index in [0.29, 0.717) is 19.6 Å². The number of ether oxygens (including phenoxy) is 1. The quantitative estimate of drug-likeness (QED) is 0.742. The first kappa shape index (κ1) is 24.9. The number of aromatic nitrogens is 1. The van der Waals surface area contributed by atoms with Gasteiger partial charge in [-0.25, -0.2) is 0 Å². The standard InChI is InChI=1S/C21H30N4O3.2ClH/c26-19-4-6-21(16-25(19)11-5-17-3-1-2-9-23-17)7-12-24(13-8-21)20(27)18-15-22-10-14-28-18;;/h1-3,9,18,22H,4-8,10-16H2;2*1H. The second-order valence-electron chi connectivity index (χ2n) is 8.28. The molecule has 1 aromatic rings. The van der Waals surface area contributed by atoms with Crippen LogP contribution in [-0.4, -0.2) is 78.6 Å². The molecular weight excluding hydrogens is 427 g/mol. The number of likely N-dealkylation sites (tertiary alicyclic amines) is 2. The van der Waals surface area contributed by atoms with Crippen LogP contribution >= 0.6 is 24.8 Å². The van der Waals surface area contributed by atoms with Crippen LogP contribution in [0.5, 0.6) is 0 Å². The average Bonchev–Trinajstić information content (AvgIpc) is 2.76. The SMILES string of the molecule is Cl.Cl.O=C1CCC2(CCN(C(=O)C3CNCCO3)CC2)CN1CCc1ccccn1. The molecule has 3 fully saturated rings. The third kappa shape index (κ3) is 5.84. The van der Waals surface area contributed by atoms with Gasteiger partial charge in [-0.2, -0.15) is 0 Å². The van der Waals surface area contributed by atoms with E-state index >= 15 is 0 Å². The Morgan fingerprint density at radius 1 is 1.23 bits per heavy atom. The number of rotatable bonds is 4. The zero-order valence-electron chi connectivity index (χ0n) is 17.3. The summed E-state index contributed by atoms with van der Waals surface area (Å²) in [7, 11) is 0. The summed E-state index contributed by atoms with van der Waals surface area (Å²) in [6, 6.07) is 5.91. The maximum Gasteiger partial charge on any atom is 0.253 e. The van der Waals surface area contributed by atoms with E-state index in [-0.39, 0.29) is 48.1 Å². The van der Waals surface area contributed by atoms with Crippen molar-refractivity contribution in [2.45, 2.75) is 38.2 Å². The summed E-state index contributed by atoms with van der Waals surface area (Å²) in [6.07, 6.45) is 5.73. The fourth-order valence-corrected chi connectivity index (χ4v) is 4.64. The van der Waals surface area contributed by atoms with Gasteiger partial charge < -0.3 is 19.9 Å². The molecule has 1 spiro atoms. The number of amides is 2. The molecule has 4 heterocycles. The van der Waals surface area contributed by atoms with Crippen molar-refractivity contribution in [3.8, 4) is 0 Å². The molecule has 1 N–H and O–H groups in total. The van der Waals surface area contributed by atoms with Gasteiger partial charge in [0, 0.05) is 64.0 Å². The third-order valence-electron chi connectivity index (χ3n) is 6.45. The first-order chi connectivity index (χ1) is 13.7. The zero-order valence-corrected chi connectivity index (χ0v) is 18.9. The number of carbonyl (C=O) groups excluding carboxylic acids is 2. The molecule has 3 aliphatic rings. The molecule has 0 aliphatic carbocycles. The zero-order chi connectivity index (χ0) is 19.4. The van der Waals surface area contributed by atoms with E-state index in [2.05, 4.69) is 10.3 Å². The van der Waals surface area contributed by atoms with Gasteiger partial charge in [0.1, 0.15) is 6.10 Å². The Morgan fingerprint density at radius 2 is 2.03 bits per heavy atom. The molecule has 1 aromatic heterocycles. The highest BCUT2D eigenvalue weighted by molar-refractivity contribution is 5.85. The molecule has 3 aliphatic heterocycles. The van der Waals surface area contributed by atoms with E-state index in [9.17, 15) is 9.59 Å². The molecule has 1 unspecified atom stereocenters. The second kappa shape index (κ2) is 11.3. The van der Waals surface area contributed by atoms with Crippen molar-refractivity contribution in [2.24, 2.45) is 5.41 Å². The molecule has 2 amide bonds. The highest BCUT2D eigenvalue weighted by Gasteiger charge is 2.42. The van der Waals surface area contributed by atoms with Gasteiger partial charge in [-0.05, 0) is 36.8 Å². The lowest BCUT2D eigenvalue weighted by molar-refractivity contribution is -0.150. The summed E-state index contributed by atoms with van der Waals surface area (Å²) in [5.74, 6) is 0.364. The van der Waals surface area contributed by atoms with Gasteiger partial charge in [-0.3, -0.25) is 14.6 Å². The van der Waals surface area contributed by atoms with Gasteiger partial charge in [0.15, 0.2) is 0 Å². The largest absolute Gasteiger partial charge is 0.366 e. The predicted octanol–water partition coefficient (Wildman–Crippen LogP) is 1.69. The number of hydrogen-bond acceptors (Lipinski definition) is 5. The number of pyridine rings is 1. The van der Waals surface area contributed by atoms with E-state index in [1.165, 1.54) is 0 Å². The van der Waals surface area contributed by atoms with Crippen LogP contribution in [0.2, 0.25) is 0 Å². The smallest absolute Gasteiger partial charge is 0.253 e. The number of nitrogens with one attached hydrogen (secondary N) is 1. The third-order valence-corrected chi connectivity index (χ3v) is 6.45. The van der Waals surface area contributed by atoms with Crippen LogP contribution in [0.1, 0.15) is 31.4 Å². The minimum absolute atomic E-state index is 0. The van der Waals surface area contributed by atoms with Gasteiger partial charge in [0.05, 0.1) is 6.61 Å². The van der Waals surface area contributed by atoms with E-state index < -0.39 is 0 Å². The fourth-order valence-electron chi connectivity index (χ4n) is 4.64. The number of carbonyl (C=O) groups is 2. The van der Waals surface area contributed by atoms with Crippen LogP contribution in [0.15, 0.2) is 24.4 Å². The van der Waals surface area contributed by atoms with Crippen molar-refractivity contribution >= 4 is 36.6 Å². The van der Waals surface area contributed by atoms with E-state index in [0.717, 1.165) is 64.1 Å². The molecule has 0 bridgehead atoms. The highest BCUT2D eigenvalue weighted by atomic mass is 35.5. The molecule has 3 saturated heterocycles. The Hall–Kier alpha value is -1.41. The van der Waals surface area contributed by atoms with E-state index in [1.807, 2.05) is 28.0 Å². The van der Waals surface area contributed by atoms with Crippen LogP contribution in [0.25, 0.3) is 0 Å². The topological polar surface area (TPSA) is 74.8 Å². The van der Waals surface area contributed by atoms with Crippen molar-refractivity contribution in [3.63, 3.8) is 0 Å². The minimum Gasteiger partial charge on any atom is -0.366 e. The first-order valence-electron chi connectivity index (χ1n) is 10.4. The van der Waals surface area contributed by atoms with Crippen molar-refractivity contribution in [1.29, 1.82) is 0 Å². The second-order valence-corrected chi connectivity index (χ2v) is 8.28. The molecular formula is C21H32Cl2N4O3. The lowest BCUT2D eigenvalue weighted by Gasteiger charge is -2.48. The summed E-state index contributed by atoms with van der Waals surface area (Å²) in [6.45, 7) is 5.08. The molecule has 0 aromatic carbocycles. The van der Waals surface area contributed by atoms with Crippen LogP contribution in [0.4, 0.5) is 0 Å². The van der Waals surface area contributed by atoms with Gasteiger partial charge in [-0.15, -0.1) is 24.8 Å². The van der Waals surface area contributed by atoms with Crippen molar-refractivity contribution in [3.05, 3.63) is 30.1 Å². The number of piperidine rings is 2. The van der Waals surface area contributed by atoms with Gasteiger partial charge in [-0.1, -0.05) is 6.07 Å². The molecule has 0 saturated carbocycles. The average molecular weight is 459 g/mol. The summed E-state index contributed by atoms with van der Waals surface area (Å²) in [4.78, 5) is 33.5. The summed E-state index contributed by atoms with van der Waals surface area (Å²) >= 11 is 0. The Balaban J connectivity index is 0.00000160. The van der Waals surface area contributed by atoms with Crippen LogP contribution in [0.3, 0.4) is 0 Å². The van der Waals surface area contributed by atoms with Crippen LogP contribution in [0, 0.1) is 5.41 Å². The van der Waals surface area contributed by atoms with Crippen LogP contribution < -0.4 is 5.32 Å². The normalized spacial score (nSPS) is 23.5. The molecule has 30 heavy (non-hydrogen) atoms. The molecule has 4 rings (SSSR count). The maximum absolute atomic E-state index is 12.7. The lowest BCUT2D eigenvalue weighted by Crippen LogP contribution is -2.55. The van der Waals surface area contributed by atoms with Crippen molar-refractivity contribution in [2.75, 3.05) is 45.9 Å². The first-order valence-corrected chi connectivity index (χ1v) is 10.4. The van der Waals surface area contributed by atoms with Crippen molar-refractivity contribution in [1.82, 2.24) is 20.1 Å². The van der Waals surface area contributed by atoms with E-state index in [1.54, 1.807) is 6.20 Å². The summed E-state index contributed by atoms with van der Waals surface area (Å²) in [5.41, 5.74) is 1.18. The number of halogens is 2. The Kier molecular flexibility index (Phi) is 9.34.